The van der Waals surface area contributed by atoms with Crippen LogP contribution in [0.2, 0.25) is 0 Å². The summed E-state index contributed by atoms with van der Waals surface area (Å²) in [6, 6.07) is 11.5. The summed E-state index contributed by atoms with van der Waals surface area (Å²) in [5, 5.41) is 20.2. The van der Waals surface area contributed by atoms with Crippen molar-refractivity contribution in [2.75, 3.05) is 0 Å². The van der Waals surface area contributed by atoms with E-state index >= 15 is 0 Å². The lowest BCUT2D eigenvalue weighted by Crippen LogP contribution is -1.93. The Morgan fingerprint density at radius 2 is 1.85 bits per heavy atom. The van der Waals surface area contributed by atoms with Crippen molar-refractivity contribution in [2.24, 2.45) is 0 Å². The van der Waals surface area contributed by atoms with Crippen molar-refractivity contribution in [1.82, 2.24) is 0 Å². The van der Waals surface area contributed by atoms with Gasteiger partial charge in [-0.05, 0) is 43.2 Å². The van der Waals surface area contributed by atoms with Crippen LogP contribution in [0, 0.1) is 17.0 Å². The van der Waals surface area contributed by atoms with Crippen LogP contribution in [0.5, 0.6) is 11.5 Å². The van der Waals surface area contributed by atoms with E-state index in [0.717, 1.165) is 11.1 Å². The SMILES string of the molecule is Cc1ccc([N+](=O)[O-])cc1Oc1ccc([C@@H](C)O)cc1. The first-order chi connectivity index (χ1) is 9.47. The number of nitro benzene ring substituents is 1. The van der Waals surface area contributed by atoms with Crippen LogP contribution in [0.1, 0.15) is 24.2 Å². The van der Waals surface area contributed by atoms with Crippen molar-refractivity contribution < 1.29 is 14.8 Å². The Hall–Kier alpha value is -2.40. The predicted molar refractivity (Wildman–Crippen MR) is 75.0 cm³/mol. The van der Waals surface area contributed by atoms with Gasteiger partial charge in [0.2, 0.25) is 0 Å². The number of aryl methyl sites for hydroxylation is 1. The number of aliphatic hydroxyl groups excluding tert-OH is 1. The van der Waals surface area contributed by atoms with E-state index in [2.05, 4.69) is 0 Å². The van der Waals surface area contributed by atoms with E-state index in [1.807, 2.05) is 6.92 Å². The van der Waals surface area contributed by atoms with Gasteiger partial charge in [-0.2, -0.15) is 0 Å². The van der Waals surface area contributed by atoms with Crippen molar-refractivity contribution in [2.45, 2.75) is 20.0 Å². The maximum atomic E-state index is 10.8. The van der Waals surface area contributed by atoms with Crippen LogP contribution < -0.4 is 4.74 Å². The van der Waals surface area contributed by atoms with Crippen LogP contribution >= 0.6 is 0 Å². The fraction of sp³-hybridized carbons (Fsp3) is 0.200. The second kappa shape index (κ2) is 5.71. The minimum absolute atomic E-state index is 0.00815. The van der Waals surface area contributed by atoms with Crippen molar-refractivity contribution in [1.29, 1.82) is 0 Å². The Labute approximate surface area is 116 Å². The Bertz CT molecular complexity index is 620. The molecule has 0 saturated carbocycles. The number of ether oxygens (including phenoxy) is 1. The maximum absolute atomic E-state index is 10.8. The number of nitrogens with zero attached hydrogens (tertiary/aromatic N) is 1. The third kappa shape index (κ3) is 3.13. The van der Waals surface area contributed by atoms with Gasteiger partial charge in [0.25, 0.3) is 5.69 Å². The lowest BCUT2D eigenvalue weighted by atomic mass is 10.1. The fourth-order valence-corrected chi connectivity index (χ4v) is 1.75. The second-order valence-electron chi connectivity index (χ2n) is 4.55. The summed E-state index contributed by atoms with van der Waals surface area (Å²) < 4.78 is 5.65. The number of hydrogen-bond donors (Lipinski definition) is 1. The number of nitro groups is 1. The maximum Gasteiger partial charge on any atom is 0.273 e. The molecule has 2 rings (SSSR count). The van der Waals surface area contributed by atoms with Crippen molar-refractivity contribution >= 4 is 5.69 Å². The van der Waals surface area contributed by atoms with E-state index in [1.165, 1.54) is 12.1 Å². The molecule has 2 aromatic rings. The van der Waals surface area contributed by atoms with E-state index in [9.17, 15) is 15.2 Å². The Kier molecular flexibility index (Phi) is 4.00. The molecule has 5 heteroatoms. The average Bonchev–Trinajstić information content (AvgIpc) is 2.41. The van der Waals surface area contributed by atoms with Gasteiger partial charge in [0, 0.05) is 6.07 Å². The summed E-state index contributed by atoms with van der Waals surface area (Å²) in [5.41, 5.74) is 1.59. The molecule has 5 nitrogen and oxygen atoms in total. The molecule has 0 radical (unpaired) electrons. The molecule has 0 heterocycles. The summed E-state index contributed by atoms with van der Waals surface area (Å²) in [6.07, 6.45) is -0.538. The monoisotopic (exact) mass is 273 g/mol. The van der Waals surface area contributed by atoms with E-state index in [1.54, 1.807) is 37.3 Å². The number of rotatable bonds is 4. The Morgan fingerprint density at radius 3 is 2.40 bits per heavy atom. The van der Waals surface area contributed by atoms with Crippen LogP contribution in [0.25, 0.3) is 0 Å². The minimum Gasteiger partial charge on any atom is -0.457 e. The van der Waals surface area contributed by atoms with Gasteiger partial charge < -0.3 is 9.84 Å². The molecule has 0 aliphatic carbocycles. The zero-order valence-corrected chi connectivity index (χ0v) is 11.2. The molecule has 1 N–H and O–H groups in total. The normalized spacial score (nSPS) is 11.9. The number of non-ortho nitro benzene ring substituents is 1. The first kappa shape index (κ1) is 14.0. The summed E-state index contributed by atoms with van der Waals surface area (Å²) in [6.45, 7) is 3.50. The molecule has 0 saturated heterocycles. The zero-order chi connectivity index (χ0) is 14.7. The summed E-state index contributed by atoms with van der Waals surface area (Å²) in [7, 11) is 0. The Balaban J connectivity index is 2.25. The highest BCUT2D eigenvalue weighted by molar-refractivity contribution is 5.46. The van der Waals surface area contributed by atoms with Gasteiger partial charge in [0.1, 0.15) is 11.5 Å². The zero-order valence-electron chi connectivity index (χ0n) is 11.2. The van der Waals surface area contributed by atoms with Gasteiger partial charge in [-0.1, -0.05) is 12.1 Å². The standard InChI is InChI=1S/C15H15NO4/c1-10-3-6-13(16(18)19)9-15(10)20-14-7-4-12(5-8-14)11(2)17/h3-9,11,17H,1-2H3/t11-/m1/s1. The fourth-order valence-electron chi connectivity index (χ4n) is 1.75. The lowest BCUT2D eigenvalue weighted by molar-refractivity contribution is -0.384. The van der Waals surface area contributed by atoms with Gasteiger partial charge in [0.15, 0.2) is 0 Å². The van der Waals surface area contributed by atoms with Crippen molar-refractivity contribution in [3.05, 3.63) is 63.7 Å². The molecule has 104 valence electrons. The molecule has 0 fully saturated rings. The van der Waals surface area contributed by atoms with Crippen LogP contribution in [0.15, 0.2) is 42.5 Å². The molecule has 0 aromatic heterocycles. The molecule has 0 aliphatic heterocycles. The largest absolute Gasteiger partial charge is 0.457 e. The molecule has 0 amide bonds. The van der Waals surface area contributed by atoms with E-state index in [0.29, 0.717) is 11.5 Å². The predicted octanol–water partition coefficient (Wildman–Crippen LogP) is 3.75. The van der Waals surface area contributed by atoms with E-state index in [4.69, 9.17) is 4.74 Å². The average molecular weight is 273 g/mol. The summed E-state index contributed by atoms with van der Waals surface area (Å²) >= 11 is 0. The number of aliphatic hydroxyl groups is 1. The van der Waals surface area contributed by atoms with Gasteiger partial charge in [-0.3, -0.25) is 10.1 Å². The van der Waals surface area contributed by atoms with E-state index < -0.39 is 11.0 Å². The molecule has 0 unspecified atom stereocenters. The third-order valence-electron chi connectivity index (χ3n) is 2.97. The first-order valence-corrected chi connectivity index (χ1v) is 6.18. The molecular weight excluding hydrogens is 258 g/mol. The second-order valence-corrected chi connectivity index (χ2v) is 4.55. The minimum atomic E-state index is -0.538. The van der Waals surface area contributed by atoms with Crippen LogP contribution in [-0.4, -0.2) is 10.0 Å². The number of hydrogen-bond acceptors (Lipinski definition) is 4. The van der Waals surface area contributed by atoms with Gasteiger partial charge in [-0.15, -0.1) is 0 Å². The first-order valence-electron chi connectivity index (χ1n) is 6.18. The van der Waals surface area contributed by atoms with Crippen LogP contribution in [-0.2, 0) is 0 Å². The molecule has 20 heavy (non-hydrogen) atoms. The van der Waals surface area contributed by atoms with Crippen molar-refractivity contribution in [3.63, 3.8) is 0 Å². The molecule has 2 aromatic carbocycles. The highest BCUT2D eigenvalue weighted by Gasteiger charge is 2.10. The van der Waals surface area contributed by atoms with Gasteiger partial charge >= 0.3 is 0 Å². The molecule has 0 spiro atoms. The highest BCUT2D eigenvalue weighted by atomic mass is 16.6. The smallest absolute Gasteiger partial charge is 0.273 e. The third-order valence-corrected chi connectivity index (χ3v) is 2.97. The molecular formula is C15H15NO4. The van der Waals surface area contributed by atoms with Crippen LogP contribution in [0.3, 0.4) is 0 Å². The quantitative estimate of drug-likeness (QED) is 0.680. The van der Waals surface area contributed by atoms with Gasteiger partial charge in [-0.25, -0.2) is 0 Å². The van der Waals surface area contributed by atoms with Gasteiger partial charge in [0.05, 0.1) is 17.1 Å². The molecule has 0 aliphatic rings. The van der Waals surface area contributed by atoms with Crippen molar-refractivity contribution in [3.8, 4) is 11.5 Å². The lowest BCUT2D eigenvalue weighted by Gasteiger charge is -2.10. The number of benzene rings is 2. The van der Waals surface area contributed by atoms with Crippen LogP contribution in [0.4, 0.5) is 5.69 Å². The summed E-state index contributed by atoms with van der Waals surface area (Å²) in [4.78, 5) is 10.3. The highest BCUT2D eigenvalue weighted by Crippen LogP contribution is 2.29. The van der Waals surface area contributed by atoms with E-state index in [-0.39, 0.29) is 5.69 Å². The topological polar surface area (TPSA) is 72.6 Å². The summed E-state index contributed by atoms with van der Waals surface area (Å²) in [5.74, 6) is 1.02. The molecule has 1 atom stereocenters. The molecule has 0 bridgehead atoms. The Morgan fingerprint density at radius 1 is 1.20 bits per heavy atom.